The molecule has 0 radical (unpaired) electrons. The third-order valence-electron chi connectivity index (χ3n) is 4.63. The minimum absolute atomic E-state index is 0.174. The van der Waals surface area contributed by atoms with Gasteiger partial charge >= 0.3 is 0 Å². The fourth-order valence-corrected chi connectivity index (χ4v) is 3.49. The zero-order valence-electron chi connectivity index (χ0n) is 15.6. The molecular formula is C20H20N6O2. The molecule has 1 aromatic carbocycles. The van der Waals surface area contributed by atoms with E-state index in [9.17, 15) is 4.79 Å². The Morgan fingerprint density at radius 1 is 1.21 bits per heavy atom. The third-order valence-corrected chi connectivity index (χ3v) is 4.63. The number of anilines is 1. The smallest absolute Gasteiger partial charge is 0.255 e. The highest BCUT2D eigenvalue weighted by atomic mass is 16.5. The lowest BCUT2D eigenvalue weighted by Gasteiger charge is -2.27. The molecule has 28 heavy (non-hydrogen) atoms. The lowest BCUT2D eigenvalue weighted by atomic mass is 9.90. The first-order valence-corrected chi connectivity index (χ1v) is 9.04. The Morgan fingerprint density at radius 2 is 2.04 bits per heavy atom. The van der Waals surface area contributed by atoms with Crippen molar-refractivity contribution in [1.82, 2.24) is 25.3 Å². The van der Waals surface area contributed by atoms with Crippen LogP contribution in [0, 0.1) is 6.92 Å². The zero-order valence-corrected chi connectivity index (χ0v) is 15.6. The van der Waals surface area contributed by atoms with E-state index in [1.165, 1.54) is 0 Å². The SMILES string of the molecule is CCOc1cncc(-c2ccccc2C2Cc3nc(N)nc(C)c3C(=O)N2)n1. The highest BCUT2D eigenvalue weighted by molar-refractivity contribution is 5.98. The number of nitrogens with one attached hydrogen (secondary N) is 1. The molecule has 3 heterocycles. The first kappa shape index (κ1) is 17.8. The summed E-state index contributed by atoms with van der Waals surface area (Å²) in [6, 6.07) is 7.52. The molecule has 2 aromatic heterocycles. The van der Waals surface area contributed by atoms with Crippen LogP contribution in [0.15, 0.2) is 36.7 Å². The van der Waals surface area contributed by atoms with E-state index in [0.29, 0.717) is 41.6 Å². The molecule has 0 saturated carbocycles. The number of amides is 1. The van der Waals surface area contributed by atoms with Crippen LogP contribution in [0.3, 0.4) is 0 Å². The molecule has 1 aliphatic rings. The minimum atomic E-state index is -0.262. The second-order valence-electron chi connectivity index (χ2n) is 6.48. The summed E-state index contributed by atoms with van der Waals surface area (Å²) in [6.07, 6.45) is 3.78. The normalized spacial score (nSPS) is 15.6. The number of aryl methyl sites for hydroxylation is 1. The third kappa shape index (κ3) is 3.24. The van der Waals surface area contributed by atoms with Crippen LogP contribution in [0.4, 0.5) is 5.95 Å². The Hall–Kier alpha value is -3.55. The van der Waals surface area contributed by atoms with Gasteiger partial charge in [-0.25, -0.2) is 15.0 Å². The number of fused-ring (bicyclic) bond motifs is 1. The first-order valence-electron chi connectivity index (χ1n) is 9.04. The monoisotopic (exact) mass is 376 g/mol. The van der Waals surface area contributed by atoms with Crippen LogP contribution in [0.25, 0.3) is 11.3 Å². The molecule has 8 heteroatoms. The molecule has 4 rings (SSSR count). The van der Waals surface area contributed by atoms with Gasteiger partial charge in [0.05, 0.1) is 47.7 Å². The Kier molecular flexibility index (Phi) is 4.60. The highest BCUT2D eigenvalue weighted by Gasteiger charge is 2.30. The topological polar surface area (TPSA) is 116 Å². The van der Waals surface area contributed by atoms with Crippen molar-refractivity contribution >= 4 is 11.9 Å². The number of hydrogen-bond donors (Lipinski definition) is 2. The van der Waals surface area contributed by atoms with Crippen molar-refractivity contribution in [3.05, 3.63) is 59.2 Å². The molecule has 0 spiro atoms. The molecule has 142 valence electrons. The van der Waals surface area contributed by atoms with Crippen molar-refractivity contribution in [1.29, 1.82) is 0 Å². The summed E-state index contributed by atoms with van der Waals surface area (Å²) in [5, 5.41) is 3.06. The van der Waals surface area contributed by atoms with Crippen molar-refractivity contribution < 1.29 is 9.53 Å². The van der Waals surface area contributed by atoms with E-state index in [4.69, 9.17) is 10.5 Å². The standard InChI is InChI=1S/C20H20N6O2/c1-3-28-17-10-22-9-16(24-17)13-7-5-4-6-12(13)14-8-15-18(19(27)25-14)11(2)23-20(21)26-15/h4-7,9-10,14H,3,8H2,1-2H3,(H,25,27)(H2,21,23,26). The van der Waals surface area contributed by atoms with Crippen LogP contribution in [0.5, 0.6) is 5.88 Å². The van der Waals surface area contributed by atoms with Crippen molar-refractivity contribution in [2.45, 2.75) is 26.3 Å². The molecule has 0 bridgehead atoms. The Bertz CT molecular complexity index is 1050. The Labute approximate surface area is 162 Å². The number of ether oxygens (including phenoxy) is 1. The fraction of sp³-hybridized carbons (Fsp3) is 0.250. The maximum Gasteiger partial charge on any atom is 0.255 e. The van der Waals surface area contributed by atoms with Gasteiger partial charge in [0.1, 0.15) is 0 Å². The van der Waals surface area contributed by atoms with Crippen molar-refractivity contribution in [3.8, 4) is 17.1 Å². The van der Waals surface area contributed by atoms with Crippen LogP contribution < -0.4 is 15.8 Å². The van der Waals surface area contributed by atoms with Gasteiger partial charge in [-0.05, 0) is 19.4 Å². The molecule has 0 saturated heterocycles. The van der Waals surface area contributed by atoms with Gasteiger partial charge in [0.15, 0.2) is 0 Å². The molecule has 3 N–H and O–H groups in total. The Morgan fingerprint density at radius 3 is 2.86 bits per heavy atom. The molecule has 1 atom stereocenters. The predicted octanol–water partition coefficient (Wildman–Crippen LogP) is 2.25. The van der Waals surface area contributed by atoms with Crippen LogP contribution in [0.2, 0.25) is 0 Å². The maximum atomic E-state index is 12.7. The van der Waals surface area contributed by atoms with Gasteiger partial charge in [-0.1, -0.05) is 24.3 Å². The molecular weight excluding hydrogens is 356 g/mol. The molecule has 1 aliphatic heterocycles. The molecule has 1 unspecified atom stereocenters. The van der Waals surface area contributed by atoms with E-state index in [-0.39, 0.29) is 17.9 Å². The van der Waals surface area contributed by atoms with E-state index < -0.39 is 0 Å². The Balaban J connectivity index is 1.75. The largest absolute Gasteiger partial charge is 0.477 e. The van der Waals surface area contributed by atoms with Gasteiger partial charge in [0.2, 0.25) is 11.8 Å². The summed E-state index contributed by atoms with van der Waals surface area (Å²) in [7, 11) is 0. The summed E-state index contributed by atoms with van der Waals surface area (Å²) in [4.78, 5) is 29.9. The van der Waals surface area contributed by atoms with Gasteiger partial charge in [-0.3, -0.25) is 9.78 Å². The number of nitrogens with zero attached hydrogens (tertiary/aromatic N) is 4. The van der Waals surface area contributed by atoms with Crippen LogP contribution in [-0.4, -0.2) is 32.4 Å². The molecule has 8 nitrogen and oxygen atoms in total. The number of rotatable bonds is 4. The van der Waals surface area contributed by atoms with Crippen molar-refractivity contribution in [3.63, 3.8) is 0 Å². The van der Waals surface area contributed by atoms with Gasteiger partial charge < -0.3 is 15.8 Å². The molecule has 0 fully saturated rings. The number of carbonyl (C=O) groups is 1. The minimum Gasteiger partial charge on any atom is -0.477 e. The van der Waals surface area contributed by atoms with Crippen LogP contribution in [0.1, 0.15) is 40.3 Å². The average molecular weight is 376 g/mol. The number of aromatic nitrogens is 4. The fourth-order valence-electron chi connectivity index (χ4n) is 3.49. The summed E-state index contributed by atoms with van der Waals surface area (Å²) >= 11 is 0. The second kappa shape index (κ2) is 7.22. The van der Waals surface area contributed by atoms with E-state index >= 15 is 0 Å². The first-order chi connectivity index (χ1) is 13.6. The van der Waals surface area contributed by atoms with Gasteiger partial charge in [0.25, 0.3) is 5.91 Å². The quantitative estimate of drug-likeness (QED) is 0.717. The zero-order chi connectivity index (χ0) is 19.7. The lowest BCUT2D eigenvalue weighted by Crippen LogP contribution is -2.37. The van der Waals surface area contributed by atoms with E-state index in [2.05, 4.69) is 25.3 Å². The summed E-state index contributed by atoms with van der Waals surface area (Å²) in [5.41, 5.74) is 10.0. The summed E-state index contributed by atoms with van der Waals surface area (Å²) in [5.74, 6) is 0.435. The van der Waals surface area contributed by atoms with Crippen LogP contribution >= 0.6 is 0 Å². The van der Waals surface area contributed by atoms with Gasteiger partial charge in [-0.15, -0.1) is 0 Å². The summed E-state index contributed by atoms with van der Waals surface area (Å²) in [6.45, 7) is 4.17. The average Bonchev–Trinajstić information content (AvgIpc) is 2.67. The van der Waals surface area contributed by atoms with Crippen molar-refractivity contribution in [2.24, 2.45) is 0 Å². The lowest BCUT2D eigenvalue weighted by molar-refractivity contribution is 0.0922. The van der Waals surface area contributed by atoms with E-state index in [1.807, 2.05) is 31.2 Å². The molecule has 0 aliphatic carbocycles. The number of nitrogens with two attached hydrogens (primary N) is 1. The molecule has 1 amide bonds. The number of hydrogen-bond acceptors (Lipinski definition) is 7. The number of carbonyl (C=O) groups excluding carboxylic acids is 1. The predicted molar refractivity (Wildman–Crippen MR) is 104 cm³/mol. The van der Waals surface area contributed by atoms with Crippen LogP contribution in [-0.2, 0) is 6.42 Å². The highest BCUT2D eigenvalue weighted by Crippen LogP contribution is 2.32. The number of benzene rings is 1. The maximum absolute atomic E-state index is 12.7. The summed E-state index contributed by atoms with van der Waals surface area (Å²) < 4.78 is 5.47. The van der Waals surface area contributed by atoms with E-state index in [0.717, 1.165) is 11.1 Å². The van der Waals surface area contributed by atoms with E-state index in [1.54, 1.807) is 19.3 Å². The van der Waals surface area contributed by atoms with Gasteiger partial charge in [-0.2, -0.15) is 0 Å². The number of nitrogen functional groups attached to an aromatic ring is 1. The second-order valence-corrected chi connectivity index (χ2v) is 6.48. The van der Waals surface area contributed by atoms with Crippen molar-refractivity contribution in [2.75, 3.05) is 12.3 Å². The molecule has 3 aromatic rings. The van der Waals surface area contributed by atoms with Gasteiger partial charge in [0, 0.05) is 12.0 Å².